The third kappa shape index (κ3) is 5.66. The van der Waals surface area contributed by atoms with Crippen LogP contribution in [0.3, 0.4) is 0 Å². The number of allylic oxidation sites excluding steroid dienone is 2. The van der Waals surface area contributed by atoms with E-state index in [1.807, 2.05) is 24.0 Å². The number of hydrogen-bond donors (Lipinski definition) is 2. The Hall–Kier alpha value is -0.990. The van der Waals surface area contributed by atoms with Gasteiger partial charge in [0.15, 0.2) is 0 Å². The molecule has 0 aliphatic heterocycles. The van der Waals surface area contributed by atoms with Crippen molar-refractivity contribution in [2.45, 2.75) is 25.9 Å². The summed E-state index contributed by atoms with van der Waals surface area (Å²) in [6.07, 6.45) is 7.17. The van der Waals surface area contributed by atoms with Crippen molar-refractivity contribution in [3.05, 3.63) is 42.0 Å². The molecule has 0 aliphatic rings. The molecule has 0 radical (unpaired) electrons. The van der Waals surface area contributed by atoms with Crippen LogP contribution in [0.1, 0.15) is 25.8 Å². The van der Waals surface area contributed by atoms with Crippen LogP contribution in [0.25, 0.3) is 0 Å². The zero-order valence-electron chi connectivity index (χ0n) is 11.6. The maximum absolute atomic E-state index is 9.21. The van der Waals surface area contributed by atoms with Crippen molar-refractivity contribution in [2.24, 2.45) is 5.10 Å². The molecule has 0 saturated carbocycles. The second kappa shape index (κ2) is 8.23. The summed E-state index contributed by atoms with van der Waals surface area (Å²) in [6, 6.07) is 6.96. The van der Waals surface area contributed by atoms with E-state index in [0.29, 0.717) is 5.66 Å². The zero-order valence-corrected chi connectivity index (χ0v) is 13.4. The molecular weight excluding hydrogens is 275 g/mol. The first-order chi connectivity index (χ1) is 9.04. The smallest absolute Gasteiger partial charge is 0.115 e. The normalized spacial score (nSPS) is 14.9. The van der Waals surface area contributed by atoms with Gasteiger partial charge < -0.3 is 5.11 Å². The van der Waals surface area contributed by atoms with Gasteiger partial charge in [0.2, 0.25) is 0 Å². The van der Waals surface area contributed by atoms with Crippen LogP contribution < -0.4 is 0 Å². The minimum Gasteiger partial charge on any atom is -0.508 e. The monoisotopic (exact) mass is 296 g/mol. The zero-order chi connectivity index (χ0) is 14.3. The fourth-order valence-electron chi connectivity index (χ4n) is 1.44. The van der Waals surface area contributed by atoms with Crippen LogP contribution in [0.5, 0.6) is 5.75 Å². The summed E-state index contributed by atoms with van der Waals surface area (Å²) in [6.45, 7) is 4.27. The summed E-state index contributed by atoms with van der Waals surface area (Å²) in [5.41, 5.74) is 1.35. The predicted molar refractivity (Wildman–Crippen MR) is 88.3 cm³/mol. The molecule has 0 amide bonds. The van der Waals surface area contributed by atoms with Crippen LogP contribution in [-0.2, 0) is 0 Å². The molecule has 1 N–H and O–H groups in total. The van der Waals surface area contributed by atoms with Gasteiger partial charge in [-0.15, -0.1) is 12.2 Å². The molecule has 3 nitrogen and oxygen atoms in total. The highest BCUT2D eigenvalue weighted by molar-refractivity contribution is 8.44. The van der Waals surface area contributed by atoms with Gasteiger partial charge in [-0.3, -0.25) is 4.78 Å². The first-order valence-electron chi connectivity index (χ1n) is 6.26. The molecular formula is C14H21N2OPS. The number of phenols is 1. The average molecular weight is 296 g/mol. The average Bonchev–Trinajstić information content (AvgIpc) is 2.42. The van der Waals surface area contributed by atoms with E-state index >= 15 is 0 Å². The van der Waals surface area contributed by atoms with Gasteiger partial charge in [-0.05, 0) is 36.2 Å². The van der Waals surface area contributed by atoms with Crippen LogP contribution >= 0.6 is 19.5 Å². The largest absolute Gasteiger partial charge is 0.508 e. The second-order valence-electron chi connectivity index (χ2n) is 4.22. The molecule has 5 heteroatoms. The van der Waals surface area contributed by atoms with Gasteiger partial charge in [0, 0.05) is 12.7 Å². The quantitative estimate of drug-likeness (QED) is 0.270. The van der Waals surface area contributed by atoms with E-state index in [2.05, 4.69) is 43.3 Å². The van der Waals surface area contributed by atoms with Gasteiger partial charge in [0.25, 0.3) is 0 Å². The lowest BCUT2D eigenvalue weighted by molar-refractivity contribution is 0.475. The van der Waals surface area contributed by atoms with Crippen molar-refractivity contribution in [1.29, 1.82) is 0 Å². The molecule has 0 aromatic heterocycles. The van der Waals surface area contributed by atoms with Gasteiger partial charge in [-0.2, -0.15) is 5.10 Å². The molecule has 1 aromatic rings. The van der Waals surface area contributed by atoms with Crippen molar-refractivity contribution < 1.29 is 5.11 Å². The fraction of sp³-hybridized carbons (Fsp3) is 0.357. The van der Waals surface area contributed by atoms with Crippen molar-refractivity contribution >= 4 is 25.7 Å². The molecule has 1 rings (SSSR count). The Labute approximate surface area is 122 Å². The number of benzene rings is 1. The molecule has 2 atom stereocenters. The SMILES string of the molecule is CCC=CC(C)P(S)N(C)/N=C/c1ccc(O)cc1. The molecule has 104 valence electrons. The number of hydrogen-bond acceptors (Lipinski definition) is 4. The fourth-order valence-corrected chi connectivity index (χ4v) is 2.77. The van der Waals surface area contributed by atoms with E-state index in [9.17, 15) is 5.11 Å². The minimum absolute atomic E-state index is 0.264. The van der Waals surface area contributed by atoms with E-state index in [-0.39, 0.29) is 5.75 Å². The number of thiol groups is 1. The van der Waals surface area contributed by atoms with E-state index in [1.54, 1.807) is 18.3 Å². The maximum atomic E-state index is 9.21. The van der Waals surface area contributed by atoms with Gasteiger partial charge in [-0.1, -0.05) is 26.0 Å². The first-order valence-corrected chi connectivity index (χ1v) is 8.77. The molecule has 0 fully saturated rings. The summed E-state index contributed by atoms with van der Waals surface area (Å²) in [5.74, 6) is 0.264. The highest BCUT2D eigenvalue weighted by atomic mass is 32.7. The molecule has 0 heterocycles. The predicted octanol–water partition coefficient (Wildman–Crippen LogP) is 4.25. The number of nitrogens with zero attached hydrogens (tertiary/aromatic N) is 2. The van der Waals surface area contributed by atoms with Gasteiger partial charge in [-0.25, -0.2) is 0 Å². The maximum Gasteiger partial charge on any atom is 0.115 e. The molecule has 2 unspecified atom stereocenters. The Morgan fingerprint density at radius 1 is 1.42 bits per heavy atom. The first kappa shape index (κ1) is 16.1. The molecule has 0 saturated heterocycles. The van der Waals surface area contributed by atoms with Crippen LogP contribution in [0, 0.1) is 0 Å². The number of rotatable bonds is 6. The summed E-state index contributed by atoms with van der Waals surface area (Å²) in [5, 5.41) is 13.6. The van der Waals surface area contributed by atoms with Crippen molar-refractivity contribution in [1.82, 2.24) is 4.78 Å². The third-order valence-corrected chi connectivity index (χ3v) is 6.04. The molecule has 1 aromatic carbocycles. The van der Waals surface area contributed by atoms with Crippen LogP contribution in [0.15, 0.2) is 41.5 Å². The summed E-state index contributed by atoms with van der Waals surface area (Å²) < 4.78 is 1.90. The summed E-state index contributed by atoms with van der Waals surface area (Å²) >= 11 is 4.64. The van der Waals surface area contributed by atoms with Crippen LogP contribution in [-0.4, -0.2) is 28.8 Å². The van der Waals surface area contributed by atoms with Gasteiger partial charge >= 0.3 is 0 Å². The lowest BCUT2D eigenvalue weighted by Crippen LogP contribution is -2.08. The van der Waals surface area contributed by atoms with Crippen molar-refractivity contribution in [3.63, 3.8) is 0 Å². The molecule has 19 heavy (non-hydrogen) atoms. The van der Waals surface area contributed by atoms with Gasteiger partial charge in [0.1, 0.15) is 5.75 Å². The topological polar surface area (TPSA) is 35.8 Å². The number of hydrazone groups is 1. The molecule has 0 aliphatic carbocycles. The molecule has 0 bridgehead atoms. The Morgan fingerprint density at radius 3 is 2.63 bits per heavy atom. The van der Waals surface area contributed by atoms with E-state index < -0.39 is 7.27 Å². The van der Waals surface area contributed by atoms with Crippen molar-refractivity contribution in [2.75, 3.05) is 7.05 Å². The van der Waals surface area contributed by atoms with Gasteiger partial charge in [0.05, 0.1) is 13.5 Å². The number of phenolic OH excluding ortho intramolecular Hbond substituents is 1. The lowest BCUT2D eigenvalue weighted by Gasteiger charge is -2.24. The van der Waals surface area contributed by atoms with E-state index in [4.69, 9.17) is 0 Å². The second-order valence-corrected chi connectivity index (χ2v) is 7.49. The van der Waals surface area contributed by atoms with Crippen LogP contribution in [0.4, 0.5) is 0 Å². The highest BCUT2D eigenvalue weighted by Crippen LogP contribution is 2.49. The Morgan fingerprint density at radius 2 is 2.05 bits per heavy atom. The number of aromatic hydroxyl groups is 1. The Bertz CT molecular complexity index is 434. The third-order valence-electron chi connectivity index (χ3n) is 2.58. The highest BCUT2D eigenvalue weighted by Gasteiger charge is 2.13. The van der Waals surface area contributed by atoms with E-state index in [0.717, 1.165) is 12.0 Å². The molecule has 0 spiro atoms. The Kier molecular flexibility index (Phi) is 6.96. The van der Waals surface area contributed by atoms with Crippen LogP contribution in [0.2, 0.25) is 0 Å². The minimum atomic E-state index is -0.623. The summed E-state index contributed by atoms with van der Waals surface area (Å²) in [7, 11) is 1.31. The summed E-state index contributed by atoms with van der Waals surface area (Å²) in [4.78, 5) is 0. The Balaban J connectivity index is 2.60. The van der Waals surface area contributed by atoms with Crippen molar-refractivity contribution in [3.8, 4) is 5.75 Å². The van der Waals surface area contributed by atoms with E-state index in [1.165, 1.54) is 0 Å². The standard InChI is InChI=1S/C14H21N2OPS/c1-4-5-6-12(2)18(19)16(3)15-11-13-7-9-14(17)10-8-13/h5-12,17,19H,4H2,1-3H3/b6-5?,15-11+. The lowest BCUT2D eigenvalue weighted by atomic mass is 10.2.